The van der Waals surface area contributed by atoms with Gasteiger partial charge in [-0.05, 0) is 120 Å². The molecule has 0 heterocycles. The Morgan fingerprint density at radius 3 is 1.55 bits per heavy atom. The topological polar surface area (TPSA) is 3.24 Å². The first-order valence-corrected chi connectivity index (χ1v) is 18.8. The first-order chi connectivity index (χ1) is 25.8. The fourth-order valence-electron chi connectivity index (χ4n) is 9.33. The van der Waals surface area contributed by atoms with Crippen LogP contribution in [0.15, 0.2) is 176 Å². The van der Waals surface area contributed by atoms with Crippen molar-refractivity contribution in [3.63, 3.8) is 0 Å². The highest BCUT2D eigenvalue weighted by atomic mass is 15.1. The zero-order valence-corrected chi connectivity index (χ0v) is 30.7. The summed E-state index contributed by atoms with van der Waals surface area (Å²) in [5.41, 5.74) is 19.3. The van der Waals surface area contributed by atoms with Crippen molar-refractivity contribution in [3.05, 3.63) is 198 Å². The molecule has 0 bridgehead atoms. The van der Waals surface area contributed by atoms with Crippen LogP contribution in [-0.4, -0.2) is 0 Å². The van der Waals surface area contributed by atoms with E-state index >= 15 is 0 Å². The van der Waals surface area contributed by atoms with Gasteiger partial charge in [-0.15, -0.1) is 0 Å². The Bertz CT molecular complexity index is 2710. The number of rotatable bonds is 5. The van der Waals surface area contributed by atoms with Crippen LogP contribution in [0.3, 0.4) is 0 Å². The fourth-order valence-corrected chi connectivity index (χ4v) is 9.33. The normalized spacial score (nSPS) is 14.3. The summed E-state index contributed by atoms with van der Waals surface area (Å²) in [7, 11) is 0. The largest absolute Gasteiger partial charge is 0.310 e. The predicted octanol–water partition coefficient (Wildman–Crippen LogP) is 14.3. The lowest BCUT2D eigenvalue weighted by atomic mass is 9.79. The Morgan fingerprint density at radius 1 is 0.321 bits per heavy atom. The number of fused-ring (bicyclic) bond motifs is 7. The number of nitrogens with zero attached hydrogens (tertiary/aromatic N) is 1. The van der Waals surface area contributed by atoms with Gasteiger partial charge in [-0.3, -0.25) is 0 Å². The molecule has 0 amide bonds. The van der Waals surface area contributed by atoms with Gasteiger partial charge >= 0.3 is 0 Å². The molecular weight excluding hydrogens is 639 g/mol. The van der Waals surface area contributed by atoms with Gasteiger partial charge in [0, 0.05) is 27.9 Å². The monoisotopic (exact) mass is 679 g/mol. The molecule has 0 aromatic heterocycles. The molecule has 2 aliphatic rings. The molecule has 0 saturated carbocycles. The van der Waals surface area contributed by atoms with Gasteiger partial charge in [-0.2, -0.15) is 0 Å². The number of benzene rings is 8. The van der Waals surface area contributed by atoms with Crippen LogP contribution in [0.4, 0.5) is 17.1 Å². The molecule has 0 aliphatic heterocycles. The SMILES string of the molecule is CC1(C)c2ccccc2-c2ccc(-c3ccc(N(c4ccc(-c5cccc6c5C(C)(C)c5ccccc5-6)cc4)c4ccc5ccccc5c4)cc3)cc21. The molecule has 0 unspecified atom stereocenters. The van der Waals surface area contributed by atoms with Gasteiger partial charge in [0.2, 0.25) is 0 Å². The Balaban J connectivity index is 1.04. The molecule has 53 heavy (non-hydrogen) atoms. The quantitative estimate of drug-likeness (QED) is 0.175. The molecule has 1 nitrogen and oxygen atoms in total. The van der Waals surface area contributed by atoms with Gasteiger partial charge in [-0.1, -0.05) is 161 Å². The maximum Gasteiger partial charge on any atom is 0.0468 e. The minimum atomic E-state index is -0.0708. The third-order valence-corrected chi connectivity index (χ3v) is 12.1. The van der Waals surface area contributed by atoms with E-state index in [0.29, 0.717) is 0 Å². The average molecular weight is 680 g/mol. The number of hydrogen-bond acceptors (Lipinski definition) is 1. The zero-order chi connectivity index (χ0) is 35.9. The predicted molar refractivity (Wildman–Crippen MR) is 225 cm³/mol. The van der Waals surface area contributed by atoms with Crippen molar-refractivity contribution in [3.8, 4) is 44.5 Å². The lowest BCUT2D eigenvalue weighted by molar-refractivity contribution is 0.660. The van der Waals surface area contributed by atoms with Gasteiger partial charge in [0.25, 0.3) is 0 Å². The van der Waals surface area contributed by atoms with Crippen molar-refractivity contribution < 1.29 is 0 Å². The van der Waals surface area contributed by atoms with Crippen LogP contribution < -0.4 is 4.90 Å². The summed E-state index contributed by atoms with van der Waals surface area (Å²) < 4.78 is 0. The molecule has 2 aliphatic carbocycles. The molecule has 0 fully saturated rings. The second-order valence-corrected chi connectivity index (χ2v) is 15.8. The van der Waals surface area contributed by atoms with Crippen LogP contribution in [-0.2, 0) is 10.8 Å². The van der Waals surface area contributed by atoms with E-state index in [9.17, 15) is 0 Å². The van der Waals surface area contributed by atoms with Crippen LogP contribution in [0.1, 0.15) is 49.9 Å². The molecule has 254 valence electrons. The van der Waals surface area contributed by atoms with E-state index in [1.807, 2.05) is 0 Å². The summed E-state index contributed by atoms with van der Waals surface area (Å²) in [5, 5.41) is 2.47. The minimum Gasteiger partial charge on any atom is -0.310 e. The molecule has 8 aromatic carbocycles. The van der Waals surface area contributed by atoms with Crippen molar-refractivity contribution in [1.82, 2.24) is 0 Å². The van der Waals surface area contributed by atoms with Crippen LogP contribution in [0.25, 0.3) is 55.3 Å². The zero-order valence-electron chi connectivity index (χ0n) is 30.7. The van der Waals surface area contributed by atoms with Crippen LogP contribution in [0, 0.1) is 0 Å². The molecule has 10 rings (SSSR count). The van der Waals surface area contributed by atoms with Crippen molar-refractivity contribution >= 4 is 27.8 Å². The number of anilines is 3. The summed E-state index contributed by atoms with van der Waals surface area (Å²) in [6, 6.07) is 65.2. The van der Waals surface area contributed by atoms with Crippen LogP contribution in [0.2, 0.25) is 0 Å². The van der Waals surface area contributed by atoms with Crippen molar-refractivity contribution in [2.75, 3.05) is 4.90 Å². The molecule has 0 radical (unpaired) electrons. The standard InChI is InChI=1S/C52H41N/c1-51(2)47-18-9-7-14-43(47)45-31-25-38(33-49(45)51)35-20-26-39(27-21-35)53(41-30-22-34-12-5-6-13-37(34)32-41)40-28-23-36(24-29-40)42-16-11-17-46-44-15-8-10-19-48(44)52(3,4)50(42)46/h5-33H,1-4H3. The summed E-state index contributed by atoms with van der Waals surface area (Å²) >= 11 is 0. The smallest absolute Gasteiger partial charge is 0.0468 e. The van der Waals surface area contributed by atoms with E-state index in [1.54, 1.807) is 0 Å². The van der Waals surface area contributed by atoms with Crippen molar-refractivity contribution in [2.45, 2.75) is 38.5 Å². The summed E-state index contributed by atoms with van der Waals surface area (Å²) in [6.45, 7) is 9.43. The van der Waals surface area contributed by atoms with E-state index in [1.165, 1.54) is 77.5 Å². The fraction of sp³-hybridized carbons (Fsp3) is 0.115. The summed E-state index contributed by atoms with van der Waals surface area (Å²) in [5.74, 6) is 0. The first-order valence-electron chi connectivity index (χ1n) is 18.8. The van der Waals surface area contributed by atoms with Crippen molar-refractivity contribution in [2.24, 2.45) is 0 Å². The summed E-state index contributed by atoms with van der Waals surface area (Å²) in [4.78, 5) is 2.39. The Kier molecular flexibility index (Phi) is 6.94. The Hall–Kier alpha value is -6.18. The maximum absolute atomic E-state index is 2.41. The maximum atomic E-state index is 2.41. The third kappa shape index (κ3) is 4.84. The molecular formula is C52H41N. The van der Waals surface area contributed by atoms with E-state index < -0.39 is 0 Å². The second-order valence-electron chi connectivity index (χ2n) is 15.8. The average Bonchev–Trinajstić information content (AvgIpc) is 3.58. The van der Waals surface area contributed by atoms with E-state index in [4.69, 9.17) is 0 Å². The first kappa shape index (κ1) is 31.5. The van der Waals surface area contributed by atoms with Gasteiger partial charge < -0.3 is 4.90 Å². The van der Waals surface area contributed by atoms with E-state index in [2.05, 4.69) is 209 Å². The highest BCUT2D eigenvalue weighted by molar-refractivity contribution is 5.91. The van der Waals surface area contributed by atoms with Gasteiger partial charge in [0.05, 0.1) is 0 Å². The molecule has 8 aromatic rings. The second kappa shape index (κ2) is 11.7. The minimum absolute atomic E-state index is 0.0273. The number of hydrogen-bond donors (Lipinski definition) is 0. The third-order valence-electron chi connectivity index (χ3n) is 12.1. The van der Waals surface area contributed by atoms with Crippen LogP contribution >= 0.6 is 0 Å². The lowest BCUT2D eigenvalue weighted by Crippen LogP contribution is -2.16. The Morgan fingerprint density at radius 2 is 0.830 bits per heavy atom. The summed E-state index contributed by atoms with van der Waals surface area (Å²) in [6.07, 6.45) is 0. The molecule has 1 heteroatoms. The van der Waals surface area contributed by atoms with Crippen molar-refractivity contribution in [1.29, 1.82) is 0 Å². The molecule has 0 saturated heterocycles. The highest BCUT2D eigenvalue weighted by Crippen LogP contribution is 2.53. The molecule has 0 spiro atoms. The van der Waals surface area contributed by atoms with Gasteiger partial charge in [0.1, 0.15) is 0 Å². The van der Waals surface area contributed by atoms with Gasteiger partial charge in [-0.25, -0.2) is 0 Å². The van der Waals surface area contributed by atoms with Gasteiger partial charge in [0.15, 0.2) is 0 Å². The molecule has 0 atom stereocenters. The lowest BCUT2D eigenvalue weighted by Gasteiger charge is -2.27. The molecule has 0 N–H and O–H groups in total. The highest BCUT2D eigenvalue weighted by Gasteiger charge is 2.37. The van der Waals surface area contributed by atoms with E-state index in [0.717, 1.165) is 17.1 Å². The van der Waals surface area contributed by atoms with E-state index in [-0.39, 0.29) is 10.8 Å². The Labute approximate surface area is 312 Å². The van der Waals surface area contributed by atoms with Crippen LogP contribution in [0.5, 0.6) is 0 Å².